The van der Waals surface area contributed by atoms with E-state index < -0.39 is 0 Å². The second-order valence-corrected chi connectivity index (χ2v) is 8.63. The standard InChI is InChI=1S/C22H31N3O3/c1-16-10-24(11-17(2)28-16)21(26)15-23-13-19-8-9-20(14-23)25(22(19)27)12-18-6-4-3-5-7-18/h3-7,16-17,19-20H,8-15H2,1-2H3/t16-,17+,19-,20+/m0/s1. The summed E-state index contributed by atoms with van der Waals surface area (Å²) >= 11 is 0. The molecule has 0 aliphatic carbocycles. The molecular weight excluding hydrogens is 354 g/mol. The van der Waals surface area contributed by atoms with Crippen LogP contribution in [0, 0.1) is 5.92 Å². The first-order chi connectivity index (χ1) is 13.5. The van der Waals surface area contributed by atoms with Gasteiger partial charge in [0.2, 0.25) is 11.8 Å². The molecular formula is C22H31N3O3. The number of carbonyl (C=O) groups is 2. The second-order valence-electron chi connectivity index (χ2n) is 8.63. The Kier molecular flexibility index (Phi) is 5.69. The Morgan fingerprint density at radius 2 is 1.75 bits per heavy atom. The number of piperidine rings is 1. The van der Waals surface area contributed by atoms with E-state index in [1.54, 1.807) is 0 Å². The minimum absolute atomic E-state index is 0.0119. The maximum absolute atomic E-state index is 13.0. The van der Waals surface area contributed by atoms with Crippen LogP contribution in [-0.4, -0.2) is 77.5 Å². The predicted molar refractivity (Wildman–Crippen MR) is 107 cm³/mol. The van der Waals surface area contributed by atoms with Crippen LogP contribution < -0.4 is 0 Å². The summed E-state index contributed by atoms with van der Waals surface area (Å²) in [6.07, 6.45) is 2.12. The molecule has 0 N–H and O–H groups in total. The molecule has 4 saturated heterocycles. The van der Waals surface area contributed by atoms with Crippen molar-refractivity contribution in [1.29, 1.82) is 0 Å². The minimum atomic E-state index is 0.0119. The quantitative estimate of drug-likeness (QED) is 0.792. The normalized spacial score (nSPS) is 31.1. The van der Waals surface area contributed by atoms with Crippen molar-refractivity contribution in [2.45, 2.75) is 51.5 Å². The fraction of sp³-hybridized carbons (Fsp3) is 0.636. The largest absolute Gasteiger partial charge is 0.372 e. The number of hydrogen-bond donors (Lipinski definition) is 0. The van der Waals surface area contributed by atoms with Gasteiger partial charge >= 0.3 is 0 Å². The highest BCUT2D eigenvalue weighted by molar-refractivity contribution is 5.81. The first-order valence-electron chi connectivity index (χ1n) is 10.5. The molecule has 4 fully saturated rings. The zero-order valence-electron chi connectivity index (χ0n) is 16.9. The number of benzene rings is 1. The topological polar surface area (TPSA) is 53.1 Å². The van der Waals surface area contributed by atoms with Gasteiger partial charge < -0.3 is 14.5 Å². The minimum Gasteiger partial charge on any atom is -0.372 e. The molecule has 0 spiro atoms. The molecule has 2 amide bonds. The van der Waals surface area contributed by atoms with Gasteiger partial charge in [-0.25, -0.2) is 0 Å². The summed E-state index contributed by atoms with van der Waals surface area (Å²) in [7, 11) is 0. The van der Waals surface area contributed by atoms with Gasteiger partial charge in [-0.3, -0.25) is 14.5 Å². The number of carbonyl (C=O) groups excluding carboxylic acids is 2. The Hall–Kier alpha value is -1.92. The summed E-state index contributed by atoms with van der Waals surface area (Å²) in [6.45, 7) is 7.90. The number of amides is 2. The van der Waals surface area contributed by atoms with Crippen molar-refractivity contribution in [3.63, 3.8) is 0 Å². The highest BCUT2D eigenvalue weighted by Crippen LogP contribution is 2.30. The third-order valence-corrected chi connectivity index (χ3v) is 6.20. The lowest BCUT2D eigenvalue weighted by Gasteiger charge is -2.37. The van der Waals surface area contributed by atoms with Crippen LogP contribution in [0.25, 0.3) is 0 Å². The molecule has 1 aromatic carbocycles. The smallest absolute Gasteiger partial charge is 0.236 e. The van der Waals surface area contributed by atoms with Gasteiger partial charge in [-0.15, -0.1) is 0 Å². The zero-order valence-corrected chi connectivity index (χ0v) is 16.9. The molecule has 4 aliphatic heterocycles. The molecule has 152 valence electrons. The summed E-state index contributed by atoms with van der Waals surface area (Å²) in [4.78, 5) is 32.1. The maximum atomic E-state index is 13.0. The fourth-order valence-electron chi connectivity index (χ4n) is 4.92. The van der Waals surface area contributed by atoms with Crippen molar-refractivity contribution < 1.29 is 14.3 Å². The molecule has 28 heavy (non-hydrogen) atoms. The van der Waals surface area contributed by atoms with Crippen LogP contribution >= 0.6 is 0 Å². The summed E-state index contributed by atoms with van der Waals surface area (Å²) < 4.78 is 5.75. The summed E-state index contributed by atoms with van der Waals surface area (Å²) in [5, 5.41) is 0. The van der Waals surface area contributed by atoms with Crippen LogP contribution in [0.2, 0.25) is 0 Å². The first-order valence-corrected chi connectivity index (χ1v) is 10.5. The van der Waals surface area contributed by atoms with Crippen molar-refractivity contribution in [1.82, 2.24) is 14.7 Å². The van der Waals surface area contributed by atoms with E-state index in [1.165, 1.54) is 5.56 Å². The third-order valence-electron chi connectivity index (χ3n) is 6.20. The summed E-state index contributed by atoms with van der Waals surface area (Å²) in [6, 6.07) is 10.4. The van der Waals surface area contributed by atoms with E-state index in [9.17, 15) is 9.59 Å². The number of ether oxygens (including phenoxy) is 1. The molecule has 1 aromatic rings. The Balaban J connectivity index is 1.41. The molecule has 4 atom stereocenters. The van der Waals surface area contributed by atoms with Crippen LogP contribution in [-0.2, 0) is 20.9 Å². The molecule has 6 heteroatoms. The van der Waals surface area contributed by atoms with E-state index in [4.69, 9.17) is 4.74 Å². The Bertz CT molecular complexity index is 700. The van der Waals surface area contributed by atoms with Gasteiger partial charge in [-0.05, 0) is 32.3 Å². The monoisotopic (exact) mass is 385 g/mol. The number of rotatable bonds is 4. The molecule has 2 bridgehead atoms. The van der Waals surface area contributed by atoms with Crippen molar-refractivity contribution >= 4 is 11.8 Å². The maximum Gasteiger partial charge on any atom is 0.236 e. The molecule has 6 nitrogen and oxygen atoms in total. The van der Waals surface area contributed by atoms with E-state index >= 15 is 0 Å². The molecule has 0 radical (unpaired) electrons. The van der Waals surface area contributed by atoms with E-state index in [0.29, 0.717) is 32.7 Å². The van der Waals surface area contributed by atoms with Gasteiger partial charge in [0, 0.05) is 38.8 Å². The Labute approximate surface area is 167 Å². The average Bonchev–Trinajstić information content (AvgIpc) is 2.93. The third kappa shape index (κ3) is 4.23. The molecule has 5 rings (SSSR count). The van der Waals surface area contributed by atoms with Crippen LogP contribution in [0.5, 0.6) is 0 Å². The van der Waals surface area contributed by atoms with Gasteiger partial charge in [-0.1, -0.05) is 30.3 Å². The van der Waals surface area contributed by atoms with Crippen molar-refractivity contribution in [3.05, 3.63) is 35.9 Å². The van der Waals surface area contributed by atoms with Crippen molar-refractivity contribution in [2.24, 2.45) is 5.92 Å². The summed E-state index contributed by atoms with van der Waals surface area (Å²) in [5.41, 5.74) is 1.17. The number of nitrogens with zero attached hydrogens (tertiary/aromatic N) is 3. The fourth-order valence-corrected chi connectivity index (χ4v) is 4.92. The lowest BCUT2D eigenvalue weighted by Crippen LogP contribution is -2.51. The van der Waals surface area contributed by atoms with Crippen LogP contribution in [0.15, 0.2) is 30.3 Å². The molecule has 0 aromatic heterocycles. The second kappa shape index (κ2) is 8.21. The molecule has 0 unspecified atom stereocenters. The first kappa shape index (κ1) is 19.4. The predicted octanol–water partition coefficient (Wildman–Crippen LogP) is 1.75. The number of fused-ring (bicyclic) bond motifs is 4. The zero-order chi connectivity index (χ0) is 19.7. The van der Waals surface area contributed by atoms with E-state index in [2.05, 4.69) is 17.0 Å². The Morgan fingerprint density at radius 3 is 2.46 bits per heavy atom. The lowest BCUT2D eigenvalue weighted by molar-refractivity contribution is -0.144. The number of hydrogen-bond acceptors (Lipinski definition) is 4. The van der Waals surface area contributed by atoms with E-state index in [0.717, 1.165) is 19.4 Å². The van der Waals surface area contributed by atoms with Crippen LogP contribution in [0.4, 0.5) is 0 Å². The van der Waals surface area contributed by atoms with Gasteiger partial charge in [-0.2, -0.15) is 0 Å². The van der Waals surface area contributed by atoms with Crippen LogP contribution in [0.1, 0.15) is 32.3 Å². The van der Waals surface area contributed by atoms with Crippen LogP contribution in [0.3, 0.4) is 0 Å². The van der Waals surface area contributed by atoms with Crippen molar-refractivity contribution in [2.75, 3.05) is 32.7 Å². The molecule has 0 saturated carbocycles. The average molecular weight is 386 g/mol. The van der Waals surface area contributed by atoms with Gasteiger partial charge in [0.25, 0.3) is 0 Å². The van der Waals surface area contributed by atoms with Crippen molar-refractivity contribution in [3.8, 4) is 0 Å². The SMILES string of the molecule is C[C@@H]1CN(C(=O)CN2C[C@@H]3CC[C@H](C2)N(Cc2ccccc2)C3=O)C[C@H](C)O1. The summed E-state index contributed by atoms with van der Waals surface area (Å²) in [5.74, 6) is 0.423. The Morgan fingerprint density at radius 1 is 1.04 bits per heavy atom. The number of morpholine rings is 1. The molecule has 4 aliphatic rings. The lowest BCUT2D eigenvalue weighted by atomic mass is 9.93. The van der Waals surface area contributed by atoms with Gasteiger partial charge in [0.1, 0.15) is 0 Å². The van der Waals surface area contributed by atoms with E-state index in [1.807, 2.05) is 41.8 Å². The highest BCUT2D eigenvalue weighted by Gasteiger charge is 2.41. The highest BCUT2D eigenvalue weighted by atomic mass is 16.5. The molecule has 4 heterocycles. The van der Waals surface area contributed by atoms with E-state index in [-0.39, 0.29) is 36.0 Å². The van der Waals surface area contributed by atoms with Gasteiger partial charge in [0.15, 0.2) is 0 Å². The van der Waals surface area contributed by atoms with Gasteiger partial charge in [0.05, 0.1) is 24.7 Å².